The number of H-pyrrole nitrogens is 1. The number of nitrogens with zero attached hydrogens (tertiary/aromatic N) is 2. The highest BCUT2D eigenvalue weighted by atomic mass is 32.2. The van der Waals surface area contributed by atoms with E-state index in [1.165, 1.54) is 7.11 Å². The predicted octanol–water partition coefficient (Wildman–Crippen LogP) is -0.413. The van der Waals surface area contributed by atoms with Gasteiger partial charge < -0.3 is 20.0 Å². The maximum Gasteiger partial charge on any atom is 0.273 e. The number of rotatable bonds is 8. The van der Waals surface area contributed by atoms with Gasteiger partial charge in [-0.2, -0.15) is 0 Å². The van der Waals surface area contributed by atoms with E-state index in [2.05, 4.69) is 20.5 Å². The van der Waals surface area contributed by atoms with Gasteiger partial charge in [0.2, 0.25) is 5.91 Å². The van der Waals surface area contributed by atoms with Crippen molar-refractivity contribution < 1.29 is 19.4 Å². The summed E-state index contributed by atoms with van der Waals surface area (Å²) >= 11 is 0.998. The zero-order chi connectivity index (χ0) is 18.2. The van der Waals surface area contributed by atoms with Crippen LogP contribution >= 0.6 is 11.8 Å². The molecule has 1 aromatic carbocycles. The van der Waals surface area contributed by atoms with E-state index >= 15 is 0 Å². The Morgan fingerprint density at radius 2 is 2.08 bits per heavy atom. The number of carboxylic acids is 1. The Hall–Kier alpha value is -2.88. The molecular formula is C15H15N4O5S-. The minimum atomic E-state index is -1.27. The average Bonchev–Trinajstić information content (AvgIpc) is 2.59. The number of aliphatic carboxylic acids is 1. The lowest BCUT2D eigenvalue weighted by atomic mass is 10.2. The van der Waals surface area contributed by atoms with E-state index in [9.17, 15) is 19.5 Å². The second kappa shape index (κ2) is 8.83. The van der Waals surface area contributed by atoms with Crippen LogP contribution in [0.25, 0.3) is 0 Å². The Kier molecular flexibility index (Phi) is 6.52. The third-order valence-corrected chi connectivity index (χ3v) is 3.89. The molecule has 0 radical (unpaired) electrons. The molecule has 0 bridgehead atoms. The summed E-state index contributed by atoms with van der Waals surface area (Å²) in [7, 11) is 1.50. The fraction of sp³-hybridized carbons (Fsp3) is 0.267. The van der Waals surface area contributed by atoms with Gasteiger partial charge in [-0.1, -0.05) is 23.9 Å². The molecule has 0 aliphatic rings. The first-order valence-electron chi connectivity index (χ1n) is 7.21. The molecule has 0 saturated carbocycles. The van der Waals surface area contributed by atoms with Crippen molar-refractivity contribution >= 4 is 29.3 Å². The van der Waals surface area contributed by atoms with Crippen LogP contribution in [0, 0.1) is 0 Å². The van der Waals surface area contributed by atoms with Crippen molar-refractivity contribution in [3.05, 3.63) is 40.3 Å². The maximum absolute atomic E-state index is 12.0. The number of anilines is 1. The van der Waals surface area contributed by atoms with Gasteiger partial charge in [-0.25, -0.2) is 0 Å². The SMILES string of the molecule is COc1ccccc1NC(=O)CSc1nnc(CCC(=O)[O-])c(=O)[nH]1. The molecular weight excluding hydrogens is 348 g/mol. The molecule has 132 valence electrons. The number of hydrogen-bond acceptors (Lipinski definition) is 8. The van der Waals surface area contributed by atoms with Crippen LogP contribution in [0.5, 0.6) is 5.75 Å². The Bertz CT molecular complexity index is 824. The van der Waals surface area contributed by atoms with Crippen molar-refractivity contribution in [2.24, 2.45) is 0 Å². The van der Waals surface area contributed by atoms with Gasteiger partial charge in [0.1, 0.15) is 11.4 Å². The third kappa shape index (κ3) is 5.60. The molecule has 10 heteroatoms. The first kappa shape index (κ1) is 18.5. The highest BCUT2D eigenvalue weighted by molar-refractivity contribution is 7.99. The van der Waals surface area contributed by atoms with Crippen LogP contribution in [-0.2, 0) is 16.0 Å². The number of aryl methyl sites for hydroxylation is 1. The van der Waals surface area contributed by atoms with E-state index in [0.29, 0.717) is 11.4 Å². The lowest BCUT2D eigenvalue weighted by Gasteiger charge is -2.09. The number of carbonyl (C=O) groups is 2. The summed E-state index contributed by atoms with van der Waals surface area (Å²) in [6.07, 6.45) is -0.379. The monoisotopic (exact) mass is 363 g/mol. The number of carbonyl (C=O) groups excluding carboxylic acids is 2. The average molecular weight is 363 g/mol. The van der Waals surface area contributed by atoms with Crippen molar-refractivity contribution in [3.8, 4) is 5.75 Å². The topological polar surface area (TPSA) is 137 Å². The zero-order valence-corrected chi connectivity index (χ0v) is 14.1. The molecule has 2 N–H and O–H groups in total. The smallest absolute Gasteiger partial charge is 0.273 e. The fourth-order valence-electron chi connectivity index (χ4n) is 1.86. The van der Waals surface area contributed by atoms with Crippen LogP contribution in [0.2, 0.25) is 0 Å². The molecule has 0 aliphatic heterocycles. The van der Waals surface area contributed by atoms with Crippen molar-refractivity contribution in [2.45, 2.75) is 18.0 Å². The summed E-state index contributed by atoms with van der Waals surface area (Å²) in [6, 6.07) is 6.97. The zero-order valence-electron chi connectivity index (χ0n) is 13.3. The van der Waals surface area contributed by atoms with E-state index in [1.807, 2.05) is 0 Å². The molecule has 2 rings (SSSR count). The predicted molar refractivity (Wildman–Crippen MR) is 88.3 cm³/mol. The second-order valence-corrected chi connectivity index (χ2v) is 5.78. The number of amides is 1. The molecule has 2 aromatic rings. The number of methoxy groups -OCH3 is 1. The summed E-state index contributed by atoms with van der Waals surface area (Å²) in [5, 5.41) is 20.7. The first-order chi connectivity index (χ1) is 12.0. The lowest BCUT2D eigenvalue weighted by Crippen LogP contribution is -2.25. The third-order valence-electron chi connectivity index (χ3n) is 3.03. The minimum absolute atomic E-state index is 0.00105. The summed E-state index contributed by atoms with van der Waals surface area (Å²) in [5.41, 5.74) is 0.00344. The molecule has 0 aliphatic carbocycles. The molecule has 1 heterocycles. The number of thioether (sulfide) groups is 1. The number of aromatic nitrogens is 3. The van der Waals surface area contributed by atoms with Crippen molar-refractivity contribution in [2.75, 3.05) is 18.2 Å². The van der Waals surface area contributed by atoms with Crippen LogP contribution in [0.4, 0.5) is 5.69 Å². The fourth-order valence-corrected chi connectivity index (χ4v) is 2.47. The standard InChI is InChI=1S/C15H16N4O5S/c1-24-11-5-3-2-4-9(11)16-12(20)8-25-15-17-14(23)10(18-19-15)6-7-13(21)22/h2-5H,6-8H2,1H3,(H,16,20)(H,21,22)(H,17,19,23)/p-1. The highest BCUT2D eigenvalue weighted by Gasteiger charge is 2.10. The maximum atomic E-state index is 12.0. The van der Waals surface area contributed by atoms with Gasteiger partial charge in [-0.3, -0.25) is 14.6 Å². The van der Waals surface area contributed by atoms with Crippen molar-refractivity contribution in [1.29, 1.82) is 0 Å². The van der Waals surface area contributed by atoms with E-state index < -0.39 is 11.5 Å². The number of ether oxygens (including phenoxy) is 1. The normalized spacial score (nSPS) is 10.3. The number of aromatic amines is 1. The van der Waals surface area contributed by atoms with E-state index in [4.69, 9.17) is 4.74 Å². The van der Waals surface area contributed by atoms with Gasteiger partial charge in [-0.15, -0.1) is 10.2 Å². The largest absolute Gasteiger partial charge is 0.550 e. The van der Waals surface area contributed by atoms with Gasteiger partial charge in [0.05, 0.1) is 18.6 Å². The molecule has 0 fully saturated rings. The van der Waals surface area contributed by atoms with Gasteiger partial charge in [0, 0.05) is 12.4 Å². The number of carboxylic acid groups (broad SMARTS) is 1. The quantitative estimate of drug-likeness (QED) is 0.604. The second-order valence-electron chi connectivity index (χ2n) is 4.82. The van der Waals surface area contributed by atoms with E-state index in [-0.39, 0.29) is 35.4 Å². The number of nitrogens with one attached hydrogen (secondary N) is 2. The van der Waals surface area contributed by atoms with Gasteiger partial charge in [-0.05, 0) is 18.6 Å². The van der Waals surface area contributed by atoms with E-state index in [1.54, 1.807) is 24.3 Å². The molecule has 1 amide bonds. The Labute approximate surface area is 146 Å². The summed E-state index contributed by atoms with van der Waals surface area (Å²) in [5.74, 6) is -1.04. The summed E-state index contributed by atoms with van der Waals surface area (Å²) in [4.78, 5) is 36.6. The Morgan fingerprint density at radius 3 is 2.76 bits per heavy atom. The summed E-state index contributed by atoms with van der Waals surface area (Å²) in [6.45, 7) is 0. The van der Waals surface area contributed by atoms with E-state index in [0.717, 1.165) is 11.8 Å². The van der Waals surface area contributed by atoms with Crippen LogP contribution in [0.1, 0.15) is 12.1 Å². The Balaban J connectivity index is 1.92. The molecule has 9 nitrogen and oxygen atoms in total. The molecule has 0 spiro atoms. The number of hydrogen-bond donors (Lipinski definition) is 2. The first-order valence-corrected chi connectivity index (χ1v) is 8.19. The molecule has 0 saturated heterocycles. The van der Waals surface area contributed by atoms with Gasteiger partial charge >= 0.3 is 0 Å². The van der Waals surface area contributed by atoms with Crippen molar-refractivity contribution in [1.82, 2.24) is 15.2 Å². The van der Waals surface area contributed by atoms with Crippen LogP contribution in [0.15, 0.2) is 34.2 Å². The molecule has 25 heavy (non-hydrogen) atoms. The molecule has 1 aromatic heterocycles. The van der Waals surface area contributed by atoms with Gasteiger partial charge in [0.25, 0.3) is 5.56 Å². The Morgan fingerprint density at radius 1 is 1.32 bits per heavy atom. The molecule has 0 atom stereocenters. The summed E-state index contributed by atoms with van der Waals surface area (Å²) < 4.78 is 5.14. The van der Waals surface area contributed by atoms with Crippen LogP contribution < -0.4 is 20.7 Å². The van der Waals surface area contributed by atoms with Crippen LogP contribution in [0.3, 0.4) is 0 Å². The highest BCUT2D eigenvalue weighted by Crippen LogP contribution is 2.23. The number of benzene rings is 1. The number of para-hydroxylation sites is 2. The van der Waals surface area contributed by atoms with Crippen molar-refractivity contribution in [3.63, 3.8) is 0 Å². The molecule has 0 unspecified atom stereocenters. The van der Waals surface area contributed by atoms with Crippen LogP contribution in [-0.4, -0.2) is 39.9 Å². The van der Waals surface area contributed by atoms with Gasteiger partial charge in [0.15, 0.2) is 5.16 Å². The minimum Gasteiger partial charge on any atom is -0.550 e. The lowest BCUT2D eigenvalue weighted by molar-refractivity contribution is -0.305.